The molecule has 23 heavy (non-hydrogen) atoms. The van der Waals surface area contributed by atoms with E-state index in [1.54, 1.807) is 0 Å². The predicted octanol–water partition coefficient (Wildman–Crippen LogP) is 3.02. The largest absolute Gasteiger partial charge is 0.396 e. The van der Waals surface area contributed by atoms with Gasteiger partial charge in [-0.3, -0.25) is 4.90 Å². The summed E-state index contributed by atoms with van der Waals surface area (Å²) in [5.74, 6) is 0.134. The summed E-state index contributed by atoms with van der Waals surface area (Å²) in [5, 5.41) is 20.0. The minimum absolute atomic E-state index is 0.00444. The predicted molar refractivity (Wildman–Crippen MR) is 95.2 cm³/mol. The lowest BCUT2D eigenvalue weighted by atomic mass is 9.76. The van der Waals surface area contributed by atoms with E-state index in [4.69, 9.17) is 0 Å². The highest BCUT2D eigenvalue weighted by molar-refractivity contribution is 9.10. The first-order valence-electron chi connectivity index (χ1n) is 7.90. The van der Waals surface area contributed by atoms with Crippen molar-refractivity contribution in [3.8, 4) is 0 Å². The fourth-order valence-corrected chi connectivity index (χ4v) is 3.82. The van der Waals surface area contributed by atoms with Crippen LogP contribution >= 0.6 is 15.9 Å². The normalized spacial score (nSPS) is 20.7. The SMILES string of the molecule is OCC1(CO)CN(Cc2ccccc2)CC1c1ccc(Br)cc1. The summed E-state index contributed by atoms with van der Waals surface area (Å²) in [6.45, 7) is 2.38. The highest BCUT2D eigenvalue weighted by atomic mass is 79.9. The second-order valence-corrected chi connectivity index (χ2v) is 7.35. The molecule has 1 fully saturated rings. The van der Waals surface area contributed by atoms with Crippen molar-refractivity contribution < 1.29 is 10.2 Å². The van der Waals surface area contributed by atoms with Crippen molar-refractivity contribution in [1.29, 1.82) is 0 Å². The lowest BCUT2D eigenvalue weighted by Gasteiger charge is -2.31. The maximum absolute atomic E-state index is 9.99. The average molecular weight is 376 g/mol. The van der Waals surface area contributed by atoms with E-state index in [9.17, 15) is 10.2 Å². The van der Waals surface area contributed by atoms with Crippen molar-refractivity contribution in [2.75, 3.05) is 26.3 Å². The molecule has 2 N–H and O–H groups in total. The van der Waals surface area contributed by atoms with Gasteiger partial charge in [-0.15, -0.1) is 0 Å². The van der Waals surface area contributed by atoms with Crippen LogP contribution in [0.2, 0.25) is 0 Å². The Balaban J connectivity index is 1.84. The zero-order valence-corrected chi connectivity index (χ0v) is 14.6. The van der Waals surface area contributed by atoms with Crippen molar-refractivity contribution in [3.05, 3.63) is 70.2 Å². The molecule has 0 radical (unpaired) electrons. The van der Waals surface area contributed by atoms with E-state index in [-0.39, 0.29) is 19.1 Å². The van der Waals surface area contributed by atoms with Crippen LogP contribution in [-0.4, -0.2) is 41.4 Å². The van der Waals surface area contributed by atoms with Crippen molar-refractivity contribution in [2.45, 2.75) is 12.5 Å². The van der Waals surface area contributed by atoms with Crippen molar-refractivity contribution in [1.82, 2.24) is 4.90 Å². The lowest BCUT2D eigenvalue weighted by Crippen LogP contribution is -2.37. The molecule has 122 valence electrons. The van der Waals surface area contributed by atoms with Gasteiger partial charge in [0.25, 0.3) is 0 Å². The molecule has 1 aliphatic rings. The van der Waals surface area contributed by atoms with Crippen LogP contribution in [0.3, 0.4) is 0 Å². The van der Waals surface area contributed by atoms with Crippen LogP contribution in [0.5, 0.6) is 0 Å². The van der Waals surface area contributed by atoms with Gasteiger partial charge < -0.3 is 10.2 Å². The van der Waals surface area contributed by atoms with E-state index in [0.717, 1.165) is 17.6 Å². The highest BCUT2D eigenvalue weighted by Crippen LogP contribution is 2.43. The first-order valence-corrected chi connectivity index (χ1v) is 8.69. The Kier molecular flexibility index (Phi) is 5.17. The summed E-state index contributed by atoms with van der Waals surface area (Å²) < 4.78 is 1.04. The third-order valence-electron chi connectivity index (χ3n) is 4.87. The third kappa shape index (κ3) is 3.50. The van der Waals surface area contributed by atoms with Crippen molar-refractivity contribution in [3.63, 3.8) is 0 Å². The van der Waals surface area contributed by atoms with Crippen LogP contribution in [0.15, 0.2) is 59.1 Å². The molecule has 2 aromatic carbocycles. The standard InChI is InChI=1S/C19H22BrNO2/c20-17-8-6-16(7-9-17)18-11-21(12-19(18,13-22)14-23)10-15-4-2-1-3-5-15/h1-9,18,22-23H,10-14H2. The van der Waals surface area contributed by atoms with E-state index in [1.807, 2.05) is 30.3 Å². The van der Waals surface area contributed by atoms with Crippen LogP contribution in [0.4, 0.5) is 0 Å². The first-order chi connectivity index (χ1) is 11.2. The number of likely N-dealkylation sites (tertiary alicyclic amines) is 1. The van der Waals surface area contributed by atoms with E-state index in [0.29, 0.717) is 6.54 Å². The van der Waals surface area contributed by atoms with Gasteiger partial charge in [-0.05, 0) is 23.3 Å². The highest BCUT2D eigenvalue weighted by Gasteiger charge is 2.46. The lowest BCUT2D eigenvalue weighted by molar-refractivity contribution is 0.0493. The molecule has 0 spiro atoms. The van der Waals surface area contributed by atoms with Gasteiger partial charge in [-0.2, -0.15) is 0 Å². The molecule has 0 saturated carbocycles. The first kappa shape index (κ1) is 16.7. The molecule has 1 aliphatic heterocycles. The average Bonchev–Trinajstić information content (AvgIpc) is 2.95. The van der Waals surface area contributed by atoms with Crippen molar-refractivity contribution >= 4 is 15.9 Å². The summed E-state index contributed by atoms with van der Waals surface area (Å²) >= 11 is 3.46. The number of nitrogens with zero attached hydrogens (tertiary/aromatic N) is 1. The molecular weight excluding hydrogens is 354 g/mol. The molecule has 2 aromatic rings. The van der Waals surface area contributed by atoms with Gasteiger partial charge in [0.1, 0.15) is 0 Å². The van der Waals surface area contributed by atoms with Gasteiger partial charge in [-0.25, -0.2) is 0 Å². The zero-order chi connectivity index (χ0) is 16.3. The number of rotatable bonds is 5. The van der Waals surface area contributed by atoms with E-state index in [1.165, 1.54) is 11.1 Å². The molecule has 0 aromatic heterocycles. The summed E-state index contributed by atoms with van der Waals surface area (Å²) in [4.78, 5) is 2.33. The molecule has 1 heterocycles. The van der Waals surface area contributed by atoms with Crippen LogP contribution in [-0.2, 0) is 6.54 Å². The quantitative estimate of drug-likeness (QED) is 0.843. The minimum Gasteiger partial charge on any atom is -0.396 e. The Hall–Kier alpha value is -1.20. The molecule has 0 bridgehead atoms. The van der Waals surface area contributed by atoms with Crippen LogP contribution in [0, 0.1) is 5.41 Å². The van der Waals surface area contributed by atoms with Gasteiger partial charge in [0.05, 0.1) is 13.2 Å². The molecule has 3 nitrogen and oxygen atoms in total. The Labute approximate surface area is 145 Å². The monoisotopic (exact) mass is 375 g/mol. The van der Waals surface area contributed by atoms with Gasteiger partial charge in [0.15, 0.2) is 0 Å². The summed E-state index contributed by atoms with van der Waals surface area (Å²) in [6, 6.07) is 18.6. The summed E-state index contributed by atoms with van der Waals surface area (Å²) in [5.41, 5.74) is 1.95. The van der Waals surface area contributed by atoms with Gasteiger partial charge in [-0.1, -0.05) is 58.4 Å². The summed E-state index contributed by atoms with van der Waals surface area (Å²) in [6.07, 6.45) is 0. The fourth-order valence-electron chi connectivity index (χ4n) is 3.56. The number of aliphatic hydroxyl groups excluding tert-OH is 2. The van der Waals surface area contributed by atoms with Gasteiger partial charge in [0.2, 0.25) is 0 Å². The number of benzene rings is 2. The Morgan fingerprint density at radius 3 is 2.26 bits per heavy atom. The molecule has 1 unspecified atom stereocenters. The number of halogens is 1. The second kappa shape index (κ2) is 7.14. The van der Waals surface area contributed by atoms with Gasteiger partial charge >= 0.3 is 0 Å². The van der Waals surface area contributed by atoms with Crippen LogP contribution in [0.1, 0.15) is 17.0 Å². The van der Waals surface area contributed by atoms with E-state index >= 15 is 0 Å². The third-order valence-corrected chi connectivity index (χ3v) is 5.40. The maximum atomic E-state index is 9.99. The molecule has 4 heteroatoms. The smallest absolute Gasteiger partial charge is 0.0528 e. The molecule has 0 amide bonds. The molecule has 3 rings (SSSR count). The Bertz CT molecular complexity index is 626. The van der Waals surface area contributed by atoms with E-state index < -0.39 is 5.41 Å². The zero-order valence-electron chi connectivity index (χ0n) is 13.0. The van der Waals surface area contributed by atoms with Crippen LogP contribution < -0.4 is 0 Å². The summed E-state index contributed by atoms with van der Waals surface area (Å²) in [7, 11) is 0. The second-order valence-electron chi connectivity index (χ2n) is 6.44. The molecule has 1 saturated heterocycles. The Morgan fingerprint density at radius 1 is 1.00 bits per heavy atom. The number of hydrogen-bond donors (Lipinski definition) is 2. The number of aliphatic hydroxyl groups is 2. The topological polar surface area (TPSA) is 43.7 Å². The molecule has 0 aliphatic carbocycles. The Morgan fingerprint density at radius 2 is 1.65 bits per heavy atom. The van der Waals surface area contributed by atoms with Crippen LogP contribution in [0.25, 0.3) is 0 Å². The minimum atomic E-state index is -0.484. The van der Waals surface area contributed by atoms with Crippen molar-refractivity contribution in [2.24, 2.45) is 5.41 Å². The number of hydrogen-bond acceptors (Lipinski definition) is 3. The van der Waals surface area contributed by atoms with E-state index in [2.05, 4.69) is 45.1 Å². The fraction of sp³-hybridized carbons (Fsp3) is 0.368. The van der Waals surface area contributed by atoms with Gasteiger partial charge in [0, 0.05) is 35.4 Å². The maximum Gasteiger partial charge on any atom is 0.0528 e. The molecular formula is C19H22BrNO2. The molecule has 1 atom stereocenters.